The van der Waals surface area contributed by atoms with E-state index in [0.717, 1.165) is 17.3 Å². The lowest BCUT2D eigenvalue weighted by molar-refractivity contribution is -0.870. The second kappa shape index (κ2) is 14.8. The molecule has 0 aliphatic heterocycles. The summed E-state index contributed by atoms with van der Waals surface area (Å²) in [5.41, 5.74) is 0. The Morgan fingerprint density at radius 3 is 1.60 bits per heavy atom. The number of unbranched alkanes of at least 4 members (excludes halogenated alkanes) is 7. The standard InChI is InChI=1S/C10H20O2.C7H18N/c1-2-3-4-5-6-7-8-9-10(11)12;1-5-6-7-8(2,3)4/h2-9H2,1H3,(H,11,12);5-7H2,1-4H3/q;+1. The fraction of sp³-hybridized carbons (Fsp3) is 0.941. The Hall–Kier alpha value is -0.570. The van der Waals surface area contributed by atoms with E-state index in [1.807, 2.05) is 0 Å². The van der Waals surface area contributed by atoms with Crippen molar-refractivity contribution in [1.82, 2.24) is 0 Å². The van der Waals surface area contributed by atoms with Gasteiger partial charge in [0.05, 0.1) is 27.7 Å². The summed E-state index contributed by atoms with van der Waals surface area (Å²) in [5, 5.41) is 8.35. The highest BCUT2D eigenvalue weighted by atomic mass is 16.4. The zero-order chi connectivity index (χ0) is 15.9. The van der Waals surface area contributed by atoms with E-state index in [0.29, 0.717) is 6.42 Å². The van der Waals surface area contributed by atoms with E-state index in [1.165, 1.54) is 51.5 Å². The zero-order valence-corrected chi connectivity index (χ0v) is 14.6. The molecule has 0 aromatic rings. The average molecular weight is 288 g/mol. The smallest absolute Gasteiger partial charge is 0.303 e. The second-order valence-corrected chi connectivity index (χ2v) is 6.63. The lowest BCUT2D eigenvalue weighted by Crippen LogP contribution is -2.35. The molecule has 20 heavy (non-hydrogen) atoms. The summed E-state index contributed by atoms with van der Waals surface area (Å²) in [6, 6.07) is 0. The zero-order valence-electron chi connectivity index (χ0n) is 14.6. The van der Waals surface area contributed by atoms with E-state index in [1.54, 1.807) is 0 Å². The number of carboxylic acid groups (broad SMARTS) is 1. The Kier molecular flexibility index (Phi) is 16.1. The average Bonchev–Trinajstić information content (AvgIpc) is 2.35. The second-order valence-electron chi connectivity index (χ2n) is 6.63. The van der Waals surface area contributed by atoms with Crippen molar-refractivity contribution in [2.24, 2.45) is 0 Å². The first-order chi connectivity index (χ1) is 9.33. The minimum Gasteiger partial charge on any atom is -0.481 e. The summed E-state index contributed by atoms with van der Waals surface area (Å²) in [7, 11) is 6.70. The van der Waals surface area contributed by atoms with Crippen LogP contribution in [0.1, 0.15) is 78.1 Å². The number of rotatable bonds is 11. The first kappa shape index (κ1) is 21.7. The normalized spacial score (nSPS) is 10.8. The third-order valence-corrected chi connectivity index (χ3v) is 3.18. The molecule has 0 aromatic heterocycles. The maximum absolute atomic E-state index is 10.1. The largest absolute Gasteiger partial charge is 0.481 e. The maximum atomic E-state index is 10.1. The van der Waals surface area contributed by atoms with Gasteiger partial charge in [0.25, 0.3) is 0 Å². The van der Waals surface area contributed by atoms with Crippen molar-refractivity contribution in [3.05, 3.63) is 0 Å². The van der Waals surface area contributed by atoms with E-state index in [-0.39, 0.29) is 0 Å². The van der Waals surface area contributed by atoms with Gasteiger partial charge in [-0.05, 0) is 12.8 Å². The molecule has 0 amide bonds. The van der Waals surface area contributed by atoms with Gasteiger partial charge in [0.1, 0.15) is 0 Å². The van der Waals surface area contributed by atoms with Crippen LogP contribution in [0.3, 0.4) is 0 Å². The molecule has 0 aliphatic carbocycles. The lowest BCUT2D eigenvalue weighted by Gasteiger charge is -2.23. The first-order valence-electron chi connectivity index (χ1n) is 8.35. The van der Waals surface area contributed by atoms with Crippen LogP contribution >= 0.6 is 0 Å². The van der Waals surface area contributed by atoms with Crippen LogP contribution in [0.4, 0.5) is 0 Å². The summed E-state index contributed by atoms with van der Waals surface area (Å²) >= 11 is 0. The first-order valence-corrected chi connectivity index (χ1v) is 8.35. The van der Waals surface area contributed by atoms with Crippen LogP contribution in [0, 0.1) is 0 Å². The number of quaternary nitrogens is 1. The van der Waals surface area contributed by atoms with Gasteiger partial charge in [-0.15, -0.1) is 0 Å². The number of carbonyl (C=O) groups is 1. The number of nitrogens with zero attached hydrogens (tertiary/aromatic N) is 1. The van der Waals surface area contributed by atoms with Crippen molar-refractivity contribution in [3.8, 4) is 0 Å². The summed E-state index contributed by atoms with van der Waals surface area (Å²) in [5.74, 6) is -0.663. The molecule has 1 N–H and O–H groups in total. The van der Waals surface area contributed by atoms with E-state index in [9.17, 15) is 4.79 Å². The predicted octanol–water partition coefficient (Wildman–Crippen LogP) is 4.70. The minimum absolute atomic E-state index is 0.341. The van der Waals surface area contributed by atoms with Crippen molar-refractivity contribution >= 4 is 5.97 Å². The van der Waals surface area contributed by atoms with Crippen LogP contribution in [0.2, 0.25) is 0 Å². The van der Waals surface area contributed by atoms with E-state index >= 15 is 0 Å². The molecular formula is C17H38NO2+. The van der Waals surface area contributed by atoms with Crippen LogP contribution in [0.15, 0.2) is 0 Å². The van der Waals surface area contributed by atoms with Gasteiger partial charge in [0, 0.05) is 6.42 Å². The van der Waals surface area contributed by atoms with Gasteiger partial charge in [0.2, 0.25) is 0 Å². The van der Waals surface area contributed by atoms with Gasteiger partial charge in [-0.25, -0.2) is 0 Å². The number of aliphatic carboxylic acids is 1. The summed E-state index contributed by atoms with van der Waals surface area (Å²) in [6.45, 7) is 5.73. The number of hydrogen-bond acceptors (Lipinski definition) is 1. The molecule has 0 fully saturated rings. The molecule has 0 spiro atoms. The fourth-order valence-electron chi connectivity index (χ4n) is 1.87. The molecule has 0 saturated heterocycles. The van der Waals surface area contributed by atoms with Crippen LogP contribution < -0.4 is 0 Å². The third-order valence-electron chi connectivity index (χ3n) is 3.18. The topological polar surface area (TPSA) is 37.3 Å². The van der Waals surface area contributed by atoms with Gasteiger partial charge in [-0.3, -0.25) is 4.79 Å². The van der Waals surface area contributed by atoms with E-state index in [2.05, 4.69) is 35.0 Å². The van der Waals surface area contributed by atoms with Crippen molar-refractivity contribution in [2.75, 3.05) is 27.7 Å². The molecular weight excluding hydrogens is 250 g/mol. The summed E-state index contributed by atoms with van der Waals surface area (Å²) in [6.07, 6.45) is 11.3. The molecule has 3 heteroatoms. The Balaban J connectivity index is 0. The Labute approximate surface area is 127 Å². The molecule has 0 radical (unpaired) electrons. The number of carboxylic acids is 1. The Morgan fingerprint density at radius 2 is 1.25 bits per heavy atom. The van der Waals surface area contributed by atoms with Crippen LogP contribution in [0.5, 0.6) is 0 Å². The van der Waals surface area contributed by atoms with Gasteiger partial charge >= 0.3 is 5.97 Å². The molecule has 0 saturated carbocycles. The lowest BCUT2D eigenvalue weighted by atomic mass is 10.1. The van der Waals surface area contributed by atoms with E-state index < -0.39 is 5.97 Å². The molecule has 122 valence electrons. The fourth-order valence-corrected chi connectivity index (χ4v) is 1.87. The van der Waals surface area contributed by atoms with Gasteiger partial charge in [-0.2, -0.15) is 0 Å². The van der Waals surface area contributed by atoms with Crippen molar-refractivity contribution in [1.29, 1.82) is 0 Å². The van der Waals surface area contributed by atoms with Crippen LogP contribution in [-0.2, 0) is 4.79 Å². The highest BCUT2D eigenvalue weighted by Crippen LogP contribution is 2.07. The quantitative estimate of drug-likeness (QED) is 0.442. The molecule has 0 rings (SSSR count). The monoisotopic (exact) mass is 288 g/mol. The van der Waals surface area contributed by atoms with Gasteiger partial charge in [0.15, 0.2) is 0 Å². The third kappa shape index (κ3) is 26.1. The highest BCUT2D eigenvalue weighted by Gasteiger charge is 2.03. The van der Waals surface area contributed by atoms with Crippen LogP contribution in [-0.4, -0.2) is 43.2 Å². The summed E-state index contributed by atoms with van der Waals surface area (Å²) in [4.78, 5) is 10.1. The maximum Gasteiger partial charge on any atom is 0.303 e. The molecule has 0 atom stereocenters. The molecule has 0 aromatic carbocycles. The molecule has 0 aliphatic rings. The van der Waals surface area contributed by atoms with Gasteiger partial charge < -0.3 is 9.59 Å². The minimum atomic E-state index is -0.663. The summed E-state index contributed by atoms with van der Waals surface area (Å²) < 4.78 is 1.10. The molecule has 0 unspecified atom stereocenters. The van der Waals surface area contributed by atoms with Gasteiger partial charge in [-0.1, -0.05) is 58.8 Å². The molecule has 0 heterocycles. The predicted molar refractivity (Wildman–Crippen MR) is 88.1 cm³/mol. The number of hydrogen-bond donors (Lipinski definition) is 1. The molecule has 0 bridgehead atoms. The highest BCUT2D eigenvalue weighted by molar-refractivity contribution is 5.66. The van der Waals surface area contributed by atoms with Crippen LogP contribution in [0.25, 0.3) is 0 Å². The van der Waals surface area contributed by atoms with Crippen molar-refractivity contribution < 1.29 is 14.4 Å². The molecule has 3 nitrogen and oxygen atoms in total. The Bertz CT molecular complexity index is 210. The van der Waals surface area contributed by atoms with E-state index in [4.69, 9.17) is 5.11 Å². The SMILES string of the molecule is CCCCCCCCCC(=O)O.CCCC[N+](C)(C)C. The Morgan fingerprint density at radius 1 is 0.800 bits per heavy atom. The van der Waals surface area contributed by atoms with Crippen molar-refractivity contribution in [2.45, 2.75) is 78.1 Å². The van der Waals surface area contributed by atoms with Crippen molar-refractivity contribution in [3.63, 3.8) is 0 Å².